The first kappa shape index (κ1) is 15.9. The van der Waals surface area contributed by atoms with Crippen molar-refractivity contribution in [3.05, 3.63) is 51.3 Å². The number of nitrogens with zero attached hydrogens (tertiary/aromatic N) is 2. The molecule has 1 heterocycles. The fourth-order valence-electron chi connectivity index (χ4n) is 2.33. The Labute approximate surface area is 133 Å². The third-order valence-corrected chi connectivity index (χ3v) is 4.34. The number of rotatable bonds is 5. The number of halogens is 2. The van der Waals surface area contributed by atoms with E-state index in [2.05, 4.69) is 5.10 Å². The molecule has 0 aliphatic rings. The number of hydrogen-bond donors (Lipinski definition) is 1. The first-order valence-corrected chi connectivity index (χ1v) is 7.30. The van der Waals surface area contributed by atoms with Crippen LogP contribution in [0.2, 0.25) is 10.2 Å². The van der Waals surface area contributed by atoms with Crippen LogP contribution < -0.4 is 0 Å². The van der Waals surface area contributed by atoms with E-state index < -0.39 is 11.9 Å². The third kappa shape index (κ3) is 3.57. The molecule has 4 nitrogen and oxygen atoms in total. The minimum Gasteiger partial charge on any atom is -0.481 e. The number of carboxylic acids is 1. The predicted octanol–water partition coefficient (Wildman–Crippen LogP) is 3.52. The first-order chi connectivity index (χ1) is 9.90. The minimum absolute atomic E-state index is 0.332. The van der Waals surface area contributed by atoms with Gasteiger partial charge < -0.3 is 5.11 Å². The van der Waals surface area contributed by atoms with Crippen LogP contribution in [-0.4, -0.2) is 20.9 Å². The smallest absolute Gasteiger partial charge is 0.307 e. The molecule has 1 aromatic carbocycles. The topological polar surface area (TPSA) is 55.1 Å². The van der Waals surface area contributed by atoms with E-state index in [1.54, 1.807) is 17.8 Å². The van der Waals surface area contributed by atoms with Gasteiger partial charge in [0.25, 0.3) is 0 Å². The molecular weight excluding hydrogens is 311 g/mol. The van der Waals surface area contributed by atoms with Crippen LogP contribution >= 0.6 is 23.2 Å². The molecule has 1 aromatic heterocycles. The van der Waals surface area contributed by atoms with Gasteiger partial charge in [-0.15, -0.1) is 0 Å². The summed E-state index contributed by atoms with van der Waals surface area (Å²) in [5.41, 5.74) is 2.36. The van der Waals surface area contributed by atoms with Crippen molar-refractivity contribution in [1.82, 2.24) is 9.78 Å². The lowest BCUT2D eigenvalue weighted by atomic mass is 9.93. The molecule has 6 heteroatoms. The van der Waals surface area contributed by atoms with Gasteiger partial charge in [0.1, 0.15) is 5.15 Å². The SMILES string of the molecule is Cc1nn(C)c(Cl)c1CC(Cc1ccccc1Cl)C(=O)O. The summed E-state index contributed by atoms with van der Waals surface area (Å²) < 4.78 is 1.56. The molecule has 0 aliphatic carbocycles. The van der Waals surface area contributed by atoms with Crippen molar-refractivity contribution < 1.29 is 9.90 Å². The summed E-state index contributed by atoms with van der Waals surface area (Å²) in [7, 11) is 1.74. The molecule has 0 saturated heterocycles. The minimum atomic E-state index is -0.866. The van der Waals surface area contributed by atoms with Crippen molar-refractivity contribution in [2.45, 2.75) is 19.8 Å². The second kappa shape index (κ2) is 6.50. The molecule has 21 heavy (non-hydrogen) atoms. The molecule has 2 aromatic rings. The maximum atomic E-state index is 11.5. The van der Waals surface area contributed by atoms with Gasteiger partial charge in [-0.2, -0.15) is 5.10 Å². The molecule has 0 amide bonds. The van der Waals surface area contributed by atoms with Crippen molar-refractivity contribution in [2.75, 3.05) is 0 Å². The molecule has 0 spiro atoms. The van der Waals surface area contributed by atoms with Crippen LogP contribution in [0.5, 0.6) is 0 Å². The Balaban J connectivity index is 2.24. The van der Waals surface area contributed by atoms with Crippen LogP contribution in [0.4, 0.5) is 0 Å². The Bertz CT molecular complexity index is 668. The Morgan fingerprint density at radius 2 is 2.00 bits per heavy atom. The summed E-state index contributed by atoms with van der Waals surface area (Å²) in [5, 5.41) is 14.7. The number of aryl methyl sites for hydroxylation is 2. The number of carbonyl (C=O) groups is 1. The van der Waals surface area contributed by atoms with E-state index in [1.807, 2.05) is 25.1 Å². The number of benzene rings is 1. The Morgan fingerprint density at radius 3 is 2.52 bits per heavy atom. The highest BCUT2D eigenvalue weighted by atomic mass is 35.5. The van der Waals surface area contributed by atoms with E-state index >= 15 is 0 Å². The Morgan fingerprint density at radius 1 is 1.33 bits per heavy atom. The van der Waals surface area contributed by atoms with Crippen LogP contribution in [0.1, 0.15) is 16.8 Å². The first-order valence-electron chi connectivity index (χ1n) is 6.54. The molecule has 1 atom stereocenters. The van der Waals surface area contributed by atoms with Crippen LogP contribution in [0, 0.1) is 12.8 Å². The second-order valence-electron chi connectivity index (χ2n) is 5.01. The largest absolute Gasteiger partial charge is 0.481 e. The number of aromatic nitrogens is 2. The Kier molecular flexibility index (Phi) is 4.91. The fourth-order valence-corrected chi connectivity index (χ4v) is 2.79. The number of aliphatic carboxylic acids is 1. The third-order valence-electron chi connectivity index (χ3n) is 3.49. The lowest BCUT2D eigenvalue weighted by Crippen LogP contribution is -2.19. The molecule has 1 unspecified atom stereocenters. The van der Waals surface area contributed by atoms with E-state index in [1.165, 1.54) is 0 Å². The van der Waals surface area contributed by atoms with Gasteiger partial charge >= 0.3 is 5.97 Å². The van der Waals surface area contributed by atoms with Crippen LogP contribution in [0.3, 0.4) is 0 Å². The fraction of sp³-hybridized carbons (Fsp3) is 0.333. The van der Waals surface area contributed by atoms with Crippen molar-refractivity contribution in [3.8, 4) is 0 Å². The maximum absolute atomic E-state index is 11.5. The zero-order valence-electron chi connectivity index (χ0n) is 11.8. The lowest BCUT2D eigenvalue weighted by Gasteiger charge is -2.13. The average Bonchev–Trinajstić information content (AvgIpc) is 2.66. The lowest BCUT2D eigenvalue weighted by molar-refractivity contribution is -0.141. The van der Waals surface area contributed by atoms with Crippen LogP contribution in [0.25, 0.3) is 0 Å². The second-order valence-corrected chi connectivity index (χ2v) is 5.78. The van der Waals surface area contributed by atoms with E-state index in [-0.39, 0.29) is 0 Å². The highest BCUT2D eigenvalue weighted by molar-refractivity contribution is 6.31. The Hall–Kier alpha value is -1.52. The van der Waals surface area contributed by atoms with E-state index in [4.69, 9.17) is 23.2 Å². The maximum Gasteiger partial charge on any atom is 0.307 e. The van der Waals surface area contributed by atoms with Gasteiger partial charge in [0, 0.05) is 17.6 Å². The standard InChI is InChI=1S/C15H16Cl2N2O2/c1-9-12(14(17)19(2)18-9)8-11(15(20)21)7-10-5-3-4-6-13(10)16/h3-6,11H,7-8H2,1-2H3,(H,20,21). The van der Waals surface area contributed by atoms with Crippen molar-refractivity contribution in [1.29, 1.82) is 0 Å². The van der Waals surface area contributed by atoms with Crippen LogP contribution in [0.15, 0.2) is 24.3 Å². The quantitative estimate of drug-likeness (QED) is 0.914. The van der Waals surface area contributed by atoms with Gasteiger partial charge in [0.2, 0.25) is 0 Å². The highest BCUT2D eigenvalue weighted by Crippen LogP contribution is 2.26. The zero-order valence-corrected chi connectivity index (χ0v) is 13.3. The van der Waals surface area contributed by atoms with Gasteiger partial charge in [-0.3, -0.25) is 9.48 Å². The summed E-state index contributed by atoms with van der Waals surface area (Å²) >= 11 is 12.3. The van der Waals surface area contributed by atoms with Crippen molar-refractivity contribution >= 4 is 29.2 Å². The molecular formula is C15H16Cl2N2O2. The van der Waals surface area contributed by atoms with Gasteiger partial charge in [-0.05, 0) is 31.4 Å². The summed E-state index contributed by atoms with van der Waals surface area (Å²) in [5.74, 6) is -1.46. The van der Waals surface area contributed by atoms with E-state index in [0.29, 0.717) is 23.0 Å². The molecule has 0 fully saturated rings. The van der Waals surface area contributed by atoms with E-state index in [9.17, 15) is 9.90 Å². The average molecular weight is 327 g/mol. The molecule has 0 bridgehead atoms. The van der Waals surface area contributed by atoms with E-state index in [0.717, 1.165) is 16.8 Å². The summed E-state index contributed by atoms with van der Waals surface area (Å²) in [6.07, 6.45) is 0.693. The zero-order chi connectivity index (χ0) is 15.6. The number of hydrogen-bond acceptors (Lipinski definition) is 2. The molecule has 112 valence electrons. The van der Waals surface area contributed by atoms with Crippen molar-refractivity contribution in [3.63, 3.8) is 0 Å². The summed E-state index contributed by atoms with van der Waals surface area (Å²) in [6, 6.07) is 7.28. The van der Waals surface area contributed by atoms with Gasteiger partial charge in [0.05, 0.1) is 11.6 Å². The molecule has 1 N–H and O–H groups in total. The monoisotopic (exact) mass is 326 g/mol. The van der Waals surface area contributed by atoms with Gasteiger partial charge in [-0.25, -0.2) is 0 Å². The van der Waals surface area contributed by atoms with Crippen molar-refractivity contribution in [2.24, 2.45) is 13.0 Å². The predicted molar refractivity (Wildman–Crippen MR) is 82.9 cm³/mol. The summed E-state index contributed by atoms with van der Waals surface area (Å²) in [4.78, 5) is 11.5. The molecule has 0 saturated carbocycles. The highest BCUT2D eigenvalue weighted by Gasteiger charge is 2.23. The van der Waals surface area contributed by atoms with Gasteiger partial charge in [0.15, 0.2) is 0 Å². The number of carboxylic acid groups (broad SMARTS) is 1. The molecule has 0 aliphatic heterocycles. The van der Waals surface area contributed by atoms with Crippen LogP contribution in [-0.2, 0) is 24.7 Å². The normalized spacial score (nSPS) is 12.4. The molecule has 2 rings (SSSR count). The van der Waals surface area contributed by atoms with Gasteiger partial charge in [-0.1, -0.05) is 41.4 Å². The summed E-state index contributed by atoms with van der Waals surface area (Å²) in [6.45, 7) is 1.83. The molecule has 0 radical (unpaired) electrons.